The molecule has 0 saturated carbocycles. The van der Waals surface area contributed by atoms with E-state index in [1.807, 2.05) is 0 Å². The highest BCUT2D eigenvalue weighted by atomic mass is 19.1. The number of imide groups is 1. The lowest BCUT2D eigenvalue weighted by molar-refractivity contribution is -0.132. The zero-order valence-corrected chi connectivity index (χ0v) is 14.8. The largest absolute Gasteiger partial charge is 0.496 e. The van der Waals surface area contributed by atoms with Gasteiger partial charge in [-0.05, 0) is 44.5 Å². The number of hydrogen-bond donors (Lipinski definition) is 1. The van der Waals surface area contributed by atoms with Gasteiger partial charge in [-0.1, -0.05) is 0 Å². The highest BCUT2D eigenvalue weighted by Gasteiger charge is 2.51. The molecule has 0 radical (unpaired) electrons. The van der Waals surface area contributed by atoms with Crippen molar-refractivity contribution in [1.29, 1.82) is 0 Å². The molecule has 2 aliphatic rings. The Kier molecular flexibility index (Phi) is 4.69. The van der Waals surface area contributed by atoms with Crippen molar-refractivity contribution in [3.63, 3.8) is 0 Å². The van der Waals surface area contributed by atoms with Gasteiger partial charge in [0.05, 0.1) is 7.11 Å². The molecule has 0 unspecified atom stereocenters. The second kappa shape index (κ2) is 6.63. The number of methoxy groups -OCH3 is 1. The number of ether oxygens (including phenoxy) is 1. The fourth-order valence-electron chi connectivity index (χ4n) is 3.86. The molecule has 3 rings (SSSR count). The lowest BCUT2D eigenvalue weighted by atomic mass is 9.80. The molecule has 2 heterocycles. The number of amides is 3. The second-order valence-corrected chi connectivity index (χ2v) is 7.03. The third-order valence-corrected chi connectivity index (χ3v) is 5.38. The van der Waals surface area contributed by atoms with Crippen LogP contribution in [-0.4, -0.2) is 54.5 Å². The summed E-state index contributed by atoms with van der Waals surface area (Å²) in [5.41, 5.74) is -0.0940. The summed E-state index contributed by atoms with van der Waals surface area (Å²) < 4.78 is 18.9. The van der Waals surface area contributed by atoms with Crippen LogP contribution in [0.4, 0.5) is 9.18 Å². The van der Waals surface area contributed by atoms with Gasteiger partial charge in [0, 0.05) is 31.6 Å². The molecule has 1 N–H and O–H groups in total. The summed E-state index contributed by atoms with van der Waals surface area (Å²) >= 11 is 0. The average Bonchev–Trinajstić information content (AvgIpc) is 2.79. The van der Waals surface area contributed by atoms with Crippen LogP contribution in [0.2, 0.25) is 0 Å². The van der Waals surface area contributed by atoms with Crippen LogP contribution in [0.3, 0.4) is 0 Å². The predicted octanol–water partition coefficient (Wildman–Crippen LogP) is 1.99. The number of carbonyl (C=O) groups excluding carboxylic acids is 2. The minimum atomic E-state index is -0.878. The van der Waals surface area contributed by atoms with E-state index in [9.17, 15) is 14.0 Å². The molecule has 2 fully saturated rings. The van der Waals surface area contributed by atoms with Crippen LogP contribution < -0.4 is 10.1 Å². The number of likely N-dealkylation sites (N-methyl/N-ethyl adjacent to an activating group) is 1. The fraction of sp³-hybridized carbons (Fsp3) is 0.556. The molecule has 6 nitrogen and oxygen atoms in total. The van der Waals surface area contributed by atoms with Gasteiger partial charge in [-0.15, -0.1) is 0 Å². The Morgan fingerprint density at radius 2 is 2.16 bits per heavy atom. The maximum atomic E-state index is 13.6. The molecule has 0 aliphatic carbocycles. The van der Waals surface area contributed by atoms with Crippen LogP contribution in [0.1, 0.15) is 25.3 Å². The first-order valence-electron chi connectivity index (χ1n) is 8.50. The summed E-state index contributed by atoms with van der Waals surface area (Å²) in [6.07, 6.45) is 1.79. The molecular formula is C18H24FN3O3. The number of piperidine rings is 1. The molecule has 1 aromatic carbocycles. The lowest BCUT2D eigenvalue weighted by Crippen LogP contribution is -2.55. The van der Waals surface area contributed by atoms with Crippen LogP contribution in [-0.2, 0) is 11.3 Å². The SMILES string of the molecule is COc1ccc(F)cc1CN1CCC[C@@H]([C@@]2(C)NC(=O)N(C)C2=O)C1. The number of rotatable bonds is 4. The summed E-state index contributed by atoms with van der Waals surface area (Å²) in [6, 6.07) is 4.14. The zero-order chi connectivity index (χ0) is 18.2. The normalized spacial score (nSPS) is 27.5. The van der Waals surface area contributed by atoms with E-state index in [4.69, 9.17) is 4.74 Å². The molecule has 1 aromatic rings. The van der Waals surface area contributed by atoms with E-state index in [1.54, 1.807) is 20.1 Å². The molecule has 0 spiro atoms. The van der Waals surface area contributed by atoms with Crippen molar-refractivity contribution < 1.29 is 18.7 Å². The number of benzene rings is 1. The monoisotopic (exact) mass is 349 g/mol. The van der Waals surface area contributed by atoms with Crippen LogP contribution in [0.15, 0.2) is 18.2 Å². The zero-order valence-electron chi connectivity index (χ0n) is 14.8. The smallest absolute Gasteiger partial charge is 0.324 e. The van der Waals surface area contributed by atoms with Gasteiger partial charge in [0.1, 0.15) is 17.1 Å². The number of urea groups is 1. The Hall–Kier alpha value is -2.15. The van der Waals surface area contributed by atoms with Crippen molar-refractivity contribution in [2.75, 3.05) is 27.2 Å². The molecule has 2 aliphatic heterocycles. The van der Waals surface area contributed by atoms with Gasteiger partial charge in [-0.25, -0.2) is 9.18 Å². The molecule has 136 valence electrons. The summed E-state index contributed by atoms with van der Waals surface area (Å²) in [5, 5.41) is 2.84. The van der Waals surface area contributed by atoms with Gasteiger partial charge in [-0.2, -0.15) is 0 Å². The topological polar surface area (TPSA) is 61.9 Å². The van der Waals surface area contributed by atoms with Crippen LogP contribution in [0, 0.1) is 11.7 Å². The number of nitrogens with zero attached hydrogens (tertiary/aromatic N) is 2. The third-order valence-electron chi connectivity index (χ3n) is 5.38. The summed E-state index contributed by atoms with van der Waals surface area (Å²) in [6.45, 7) is 3.87. The number of likely N-dealkylation sites (tertiary alicyclic amines) is 1. The molecule has 2 saturated heterocycles. The first-order valence-corrected chi connectivity index (χ1v) is 8.50. The van der Waals surface area contributed by atoms with Crippen molar-refractivity contribution in [3.05, 3.63) is 29.6 Å². The van der Waals surface area contributed by atoms with Gasteiger partial charge in [-0.3, -0.25) is 14.6 Å². The Bertz CT molecular complexity index is 696. The maximum absolute atomic E-state index is 13.6. The van der Waals surface area contributed by atoms with E-state index in [1.165, 1.54) is 19.2 Å². The number of carbonyl (C=O) groups is 2. The van der Waals surface area contributed by atoms with Gasteiger partial charge < -0.3 is 10.1 Å². The Morgan fingerprint density at radius 1 is 1.40 bits per heavy atom. The van der Waals surface area contributed by atoms with Crippen molar-refractivity contribution in [2.45, 2.75) is 31.8 Å². The minimum Gasteiger partial charge on any atom is -0.496 e. The third kappa shape index (κ3) is 3.20. The fourth-order valence-corrected chi connectivity index (χ4v) is 3.86. The van der Waals surface area contributed by atoms with Gasteiger partial charge in [0.25, 0.3) is 5.91 Å². The maximum Gasteiger partial charge on any atom is 0.324 e. The summed E-state index contributed by atoms with van der Waals surface area (Å²) in [7, 11) is 3.07. The minimum absolute atomic E-state index is 0.0159. The van der Waals surface area contributed by atoms with E-state index < -0.39 is 5.54 Å². The van der Waals surface area contributed by atoms with E-state index in [-0.39, 0.29) is 23.7 Å². The second-order valence-electron chi connectivity index (χ2n) is 7.03. The Balaban J connectivity index is 1.75. The van der Waals surface area contributed by atoms with Gasteiger partial charge >= 0.3 is 6.03 Å². The Labute approximate surface area is 146 Å². The lowest BCUT2D eigenvalue weighted by Gasteiger charge is -2.39. The van der Waals surface area contributed by atoms with Crippen molar-refractivity contribution >= 4 is 11.9 Å². The standard InChI is InChI=1S/C18H24FN3O3/c1-18(16(23)21(2)17(24)20-18)13-5-4-8-22(11-13)10-12-9-14(19)6-7-15(12)25-3/h6-7,9,13H,4-5,8,10-11H2,1-3H3,(H,20,24)/t13-,18-/m1/s1. The summed E-state index contributed by atoms with van der Waals surface area (Å²) in [4.78, 5) is 27.7. The van der Waals surface area contributed by atoms with E-state index in [0.717, 1.165) is 29.8 Å². The van der Waals surface area contributed by atoms with E-state index in [0.29, 0.717) is 18.8 Å². The number of halogens is 1. The van der Waals surface area contributed by atoms with Gasteiger partial charge in [0.2, 0.25) is 0 Å². The summed E-state index contributed by atoms with van der Waals surface area (Å²) in [5.74, 6) is 0.186. The average molecular weight is 349 g/mol. The first-order chi connectivity index (χ1) is 11.8. The Morgan fingerprint density at radius 3 is 2.80 bits per heavy atom. The van der Waals surface area contributed by atoms with E-state index >= 15 is 0 Å². The molecule has 7 heteroatoms. The van der Waals surface area contributed by atoms with Crippen LogP contribution >= 0.6 is 0 Å². The molecule has 25 heavy (non-hydrogen) atoms. The molecule has 0 bridgehead atoms. The number of hydrogen-bond acceptors (Lipinski definition) is 4. The first kappa shape index (κ1) is 17.7. The highest BCUT2D eigenvalue weighted by molar-refractivity contribution is 6.06. The molecule has 3 amide bonds. The molecular weight excluding hydrogens is 325 g/mol. The van der Waals surface area contributed by atoms with Crippen molar-refractivity contribution in [1.82, 2.24) is 15.1 Å². The van der Waals surface area contributed by atoms with Gasteiger partial charge in [0.15, 0.2) is 0 Å². The number of nitrogens with one attached hydrogen (secondary N) is 1. The quantitative estimate of drug-likeness (QED) is 0.845. The van der Waals surface area contributed by atoms with Crippen LogP contribution in [0.25, 0.3) is 0 Å². The molecule has 2 atom stereocenters. The highest BCUT2D eigenvalue weighted by Crippen LogP contribution is 2.33. The van der Waals surface area contributed by atoms with E-state index in [2.05, 4.69) is 10.2 Å². The van der Waals surface area contributed by atoms with Crippen molar-refractivity contribution in [3.8, 4) is 5.75 Å². The predicted molar refractivity (Wildman–Crippen MR) is 90.7 cm³/mol. The van der Waals surface area contributed by atoms with Crippen molar-refractivity contribution in [2.24, 2.45) is 5.92 Å². The molecule has 0 aromatic heterocycles. The van der Waals surface area contributed by atoms with Crippen LogP contribution in [0.5, 0.6) is 5.75 Å².